The number of carbonyl (C=O) groups excluding carboxylic acids is 1. The fourth-order valence-electron chi connectivity index (χ4n) is 3.35. The summed E-state index contributed by atoms with van der Waals surface area (Å²) in [4.78, 5) is 14.6. The minimum Gasteiger partial charge on any atom is -0.466 e. The molecule has 0 aromatic carbocycles. The van der Waals surface area contributed by atoms with Gasteiger partial charge in [0, 0.05) is 32.7 Å². The first-order valence-corrected chi connectivity index (χ1v) is 8.25. The molecule has 1 aromatic rings. The molecule has 1 saturated carbocycles. The van der Waals surface area contributed by atoms with Crippen LogP contribution in [0.3, 0.4) is 0 Å². The Morgan fingerprint density at radius 2 is 2.23 bits per heavy atom. The van der Waals surface area contributed by atoms with Gasteiger partial charge in [-0.05, 0) is 31.9 Å². The van der Waals surface area contributed by atoms with E-state index >= 15 is 0 Å². The van der Waals surface area contributed by atoms with Crippen molar-refractivity contribution in [3.63, 3.8) is 0 Å². The summed E-state index contributed by atoms with van der Waals surface area (Å²) >= 11 is 0. The van der Waals surface area contributed by atoms with Crippen molar-refractivity contribution in [2.24, 2.45) is 5.92 Å². The molecular weight excluding hydrogens is 280 g/mol. The lowest BCUT2D eigenvalue weighted by Crippen LogP contribution is -2.44. The summed E-state index contributed by atoms with van der Waals surface area (Å²) in [6, 6.07) is 4.18. The first kappa shape index (κ1) is 15.6. The Labute approximate surface area is 132 Å². The van der Waals surface area contributed by atoms with Gasteiger partial charge in [0.05, 0.1) is 18.6 Å². The van der Waals surface area contributed by atoms with Crippen LogP contribution in [0, 0.1) is 12.8 Å². The molecule has 2 atom stereocenters. The number of hydrogen-bond acceptors (Lipinski definition) is 4. The van der Waals surface area contributed by atoms with Crippen molar-refractivity contribution in [1.29, 1.82) is 0 Å². The predicted molar refractivity (Wildman–Crippen MR) is 83.8 cm³/mol. The van der Waals surface area contributed by atoms with E-state index in [0.29, 0.717) is 6.61 Å². The minimum absolute atomic E-state index is 0.135. The molecule has 1 aliphatic heterocycles. The molecule has 3 rings (SSSR count). The van der Waals surface area contributed by atoms with Gasteiger partial charge in [-0.25, -0.2) is 0 Å². The summed E-state index contributed by atoms with van der Waals surface area (Å²) in [6.07, 6.45) is 3.26. The first-order valence-electron chi connectivity index (χ1n) is 8.25. The van der Waals surface area contributed by atoms with Gasteiger partial charge in [0.15, 0.2) is 0 Å². The summed E-state index contributed by atoms with van der Waals surface area (Å²) < 4.78 is 11.0. The van der Waals surface area contributed by atoms with Gasteiger partial charge in [-0.15, -0.1) is 0 Å². The maximum absolute atomic E-state index is 12.3. The monoisotopic (exact) mass is 306 g/mol. The van der Waals surface area contributed by atoms with E-state index in [1.54, 1.807) is 7.11 Å². The van der Waals surface area contributed by atoms with Crippen LogP contribution in [-0.2, 0) is 9.53 Å². The molecule has 1 aliphatic carbocycles. The van der Waals surface area contributed by atoms with Gasteiger partial charge in [0.25, 0.3) is 0 Å². The molecule has 0 bridgehead atoms. The summed E-state index contributed by atoms with van der Waals surface area (Å²) in [7, 11) is 1.72. The maximum atomic E-state index is 12.3. The highest BCUT2D eigenvalue weighted by Crippen LogP contribution is 2.31. The third kappa shape index (κ3) is 3.36. The maximum Gasteiger partial charge on any atom is 0.223 e. The van der Waals surface area contributed by atoms with Gasteiger partial charge >= 0.3 is 0 Å². The third-order valence-corrected chi connectivity index (χ3v) is 4.94. The van der Waals surface area contributed by atoms with Crippen molar-refractivity contribution in [2.45, 2.75) is 38.1 Å². The van der Waals surface area contributed by atoms with Gasteiger partial charge in [0.1, 0.15) is 11.5 Å². The third-order valence-electron chi connectivity index (χ3n) is 4.94. The van der Waals surface area contributed by atoms with Gasteiger partial charge in [-0.2, -0.15) is 0 Å². The largest absolute Gasteiger partial charge is 0.466 e. The number of likely N-dealkylation sites (tertiary alicyclic amines) is 1. The van der Waals surface area contributed by atoms with Crippen LogP contribution < -0.4 is 5.32 Å². The van der Waals surface area contributed by atoms with Gasteiger partial charge in [-0.1, -0.05) is 6.42 Å². The van der Waals surface area contributed by atoms with Crippen molar-refractivity contribution in [3.05, 3.63) is 23.7 Å². The number of methoxy groups -OCH3 is 1. The molecule has 2 fully saturated rings. The van der Waals surface area contributed by atoms with Crippen LogP contribution in [0.1, 0.15) is 36.7 Å². The molecule has 1 aromatic heterocycles. The molecule has 0 radical (unpaired) electrons. The molecule has 2 heterocycles. The molecule has 5 heteroatoms. The SMILES string of the molecule is COCCN1C[C@@H](NC(=O)C2CCC2)[C@H](c2ccc(C)o2)C1. The highest BCUT2D eigenvalue weighted by molar-refractivity contribution is 5.79. The number of furan rings is 1. The molecule has 1 saturated heterocycles. The van der Waals surface area contributed by atoms with E-state index in [0.717, 1.165) is 44.0 Å². The number of nitrogens with zero attached hydrogens (tertiary/aromatic N) is 1. The van der Waals surface area contributed by atoms with E-state index in [1.165, 1.54) is 6.42 Å². The Morgan fingerprint density at radius 1 is 1.41 bits per heavy atom. The molecule has 1 amide bonds. The zero-order valence-electron chi connectivity index (χ0n) is 13.5. The van der Waals surface area contributed by atoms with Crippen LogP contribution in [0.5, 0.6) is 0 Å². The molecule has 22 heavy (non-hydrogen) atoms. The van der Waals surface area contributed by atoms with Crippen molar-refractivity contribution < 1.29 is 13.9 Å². The Hall–Kier alpha value is -1.33. The highest BCUT2D eigenvalue weighted by atomic mass is 16.5. The number of ether oxygens (including phenoxy) is 1. The molecule has 0 unspecified atom stereocenters. The zero-order chi connectivity index (χ0) is 15.5. The molecule has 5 nitrogen and oxygen atoms in total. The fourth-order valence-corrected chi connectivity index (χ4v) is 3.35. The highest BCUT2D eigenvalue weighted by Gasteiger charge is 2.38. The number of nitrogens with one attached hydrogen (secondary N) is 1. The standard InChI is InChI=1S/C17H26N2O3/c1-12-6-7-16(22-12)14-10-19(8-9-21-2)11-15(14)18-17(20)13-4-3-5-13/h6-7,13-15H,3-5,8-11H2,1-2H3,(H,18,20)/t14-,15-/m1/s1. The number of carbonyl (C=O) groups is 1. The van der Waals surface area contributed by atoms with E-state index in [2.05, 4.69) is 10.2 Å². The second-order valence-electron chi connectivity index (χ2n) is 6.55. The lowest BCUT2D eigenvalue weighted by molar-refractivity contribution is -0.128. The molecule has 1 N–H and O–H groups in total. The first-order chi connectivity index (χ1) is 10.7. The summed E-state index contributed by atoms with van der Waals surface area (Å²) in [6.45, 7) is 5.34. The zero-order valence-corrected chi connectivity index (χ0v) is 13.5. The van der Waals surface area contributed by atoms with E-state index < -0.39 is 0 Å². The van der Waals surface area contributed by atoms with E-state index in [1.807, 2.05) is 19.1 Å². The topological polar surface area (TPSA) is 54.7 Å². The van der Waals surface area contributed by atoms with Crippen LogP contribution in [0.4, 0.5) is 0 Å². The molecular formula is C17H26N2O3. The number of aryl methyl sites for hydroxylation is 1. The molecule has 122 valence electrons. The molecule has 0 spiro atoms. The minimum atomic E-state index is 0.135. The fraction of sp³-hybridized carbons (Fsp3) is 0.706. The van der Waals surface area contributed by atoms with Crippen LogP contribution >= 0.6 is 0 Å². The second kappa shape index (κ2) is 6.84. The summed E-state index contributed by atoms with van der Waals surface area (Å²) in [5, 5.41) is 3.26. The number of hydrogen-bond donors (Lipinski definition) is 1. The summed E-state index contributed by atoms with van der Waals surface area (Å²) in [5.41, 5.74) is 0. The number of amides is 1. The number of rotatable bonds is 6. The van der Waals surface area contributed by atoms with Gasteiger partial charge in [0.2, 0.25) is 5.91 Å². The van der Waals surface area contributed by atoms with Crippen LogP contribution in [0.25, 0.3) is 0 Å². The Bertz CT molecular complexity index is 510. The predicted octanol–water partition coefficient (Wildman–Crippen LogP) is 1.92. The van der Waals surface area contributed by atoms with Crippen LogP contribution in [0.15, 0.2) is 16.5 Å². The van der Waals surface area contributed by atoms with E-state index in [9.17, 15) is 4.79 Å². The Balaban J connectivity index is 1.67. The quantitative estimate of drug-likeness (QED) is 0.872. The van der Waals surface area contributed by atoms with Crippen LogP contribution in [0.2, 0.25) is 0 Å². The summed E-state index contributed by atoms with van der Waals surface area (Å²) in [5.74, 6) is 2.59. The van der Waals surface area contributed by atoms with Gasteiger partial charge in [-0.3, -0.25) is 9.69 Å². The van der Waals surface area contributed by atoms with Crippen molar-refractivity contribution in [1.82, 2.24) is 10.2 Å². The molecule has 2 aliphatic rings. The average Bonchev–Trinajstić information content (AvgIpc) is 3.00. The van der Waals surface area contributed by atoms with Gasteiger partial charge < -0.3 is 14.5 Å². The normalized spacial score (nSPS) is 26.1. The van der Waals surface area contributed by atoms with Crippen molar-refractivity contribution in [2.75, 3.05) is 33.4 Å². The van der Waals surface area contributed by atoms with Crippen molar-refractivity contribution >= 4 is 5.91 Å². The Kier molecular flexibility index (Phi) is 4.84. The van der Waals surface area contributed by atoms with E-state index in [4.69, 9.17) is 9.15 Å². The average molecular weight is 306 g/mol. The van der Waals surface area contributed by atoms with E-state index in [-0.39, 0.29) is 23.8 Å². The van der Waals surface area contributed by atoms with Crippen LogP contribution in [-0.4, -0.2) is 50.2 Å². The van der Waals surface area contributed by atoms with Crippen molar-refractivity contribution in [3.8, 4) is 0 Å². The smallest absolute Gasteiger partial charge is 0.223 e. The lowest BCUT2D eigenvalue weighted by Gasteiger charge is -2.27. The Morgan fingerprint density at radius 3 is 2.82 bits per heavy atom. The lowest BCUT2D eigenvalue weighted by atomic mass is 9.84. The second-order valence-corrected chi connectivity index (χ2v) is 6.55.